The Bertz CT molecular complexity index is 723. The van der Waals surface area contributed by atoms with Crippen molar-refractivity contribution >= 4 is 5.69 Å². The van der Waals surface area contributed by atoms with Crippen LogP contribution in [0, 0.1) is 13.8 Å². The van der Waals surface area contributed by atoms with E-state index in [-0.39, 0.29) is 0 Å². The van der Waals surface area contributed by atoms with Crippen LogP contribution in [0.5, 0.6) is 0 Å². The molecule has 0 atom stereocenters. The molecule has 0 amide bonds. The summed E-state index contributed by atoms with van der Waals surface area (Å²) in [6.45, 7) is 4.05. The molecule has 0 bridgehead atoms. The fraction of sp³-hybridized carbons (Fsp3) is 0.133. The number of aryl methyl sites for hydroxylation is 2. The number of aromatic nitrogens is 4. The average Bonchev–Trinajstić information content (AvgIpc) is 2.87. The van der Waals surface area contributed by atoms with E-state index < -0.39 is 0 Å². The molecule has 5 heteroatoms. The zero-order valence-corrected chi connectivity index (χ0v) is 11.4. The van der Waals surface area contributed by atoms with Gasteiger partial charge < -0.3 is 5.73 Å². The molecule has 0 fully saturated rings. The molecular weight excluding hydrogens is 250 g/mol. The smallest absolute Gasteiger partial charge is 0.187 e. The summed E-state index contributed by atoms with van der Waals surface area (Å²) in [7, 11) is 0. The number of nitrogens with zero attached hydrogens (tertiary/aromatic N) is 4. The summed E-state index contributed by atoms with van der Waals surface area (Å²) in [4.78, 5) is 0. The van der Waals surface area contributed by atoms with Gasteiger partial charge in [-0.1, -0.05) is 17.7 Å². The first-order valence-corrected chi connectivity index (χ1v) is 6.36. The second kappa shape index (κ2) is 4.77. The van der Waals surface area contributed by atoms with Gasteiger partial charge in [0.1, 0.15) is 0 Å². The summed E-state index contributed by atoms with van der Waals surface area (Å²) in [5.74, 6) is 0.684. The highest BCUT2D eigenvalue weighted by atomic mass is 15.5. The molecule has 2 N–H and O–H groups in total. The van der Waals surface area contributed by atoms with E-state index in [1.165, 1.54) is 5.56 Å². The summed E-state index contributed by atoms with van der Waals surface area (Å²) in [6, 6.07) is 13.9. The monoisotopic (exact) mass is 265 g/mol. The molecule has 1 aromatic heterocycles. The molecule has 0 aliphatic carbocycles. The molecule has 3 rings (SSSR count). The van der Waals surface area contributed by atoms with Crippen molar-refractivity contribution in [3.05, 3.63) is 53.6 Å². The van der Waals surface area contributed by atoms with Crippen LogP contribution in [0.15, 0.2) is 42.5 Å². The van der Waals surface area contributed by atoms with E-state index in [1.807, 2.05) is 56.3 Å². The minimum atomic E-state index is 0.684. The van der Waals surface area contributed by atoms with Crippen LogP contribution >= 0.6 is 0 Å². The lowest BCUT2D eigenvalue weighted by atomic mass is 10.1. The van der Waals surface area contributed by atoms with Crippen molar-refractivity contribution in [2.24, 2.45) is 0 Å². The van der Waals surface area contributed by atoms with Crippen molar-refractivity contribution in [1.82, 2.24) is 20.2 Å². The van der Waals surface area contributed by atoms with E-state index >= 15 is 0 Å². The summed E-state index contributed by atoms with van der Waals surface area (Å²) < 4.78 is 1.72. The van der Waals surface area contributed by atoms with Crippen LogP contribution in [0.25, 0.3) is 17.1 Å². The van der Waals surface area contributed by atoms with Gasteiger partial charge in [0.05, 0.1) is 5.69 Å². The van der Waals surface area contributed by atoms with E-state index in [9.17, 15) is 0 Å². The maximum atomic E-state index is 5.90. The molecule has 0 aliphatic heterocycles. The largest absolute Gasteiger partial charge is 0.399 e. The third-order valence-corrected chi connectivity index (χ3v) is 3.11. The second-order valence-corrected chi connectivity index (χ2v) is 4.88. The number of hydrogen-bond donors (Lipinski definition) is 1. The lowest BCUT2D eigenvalue weighted by Crippen LogP contribution is -2.00. The molecule has 100 valence electrons. The molecule has 0 saturated heterocycles. The molecule has 0 spiro atoms. The van der Waals surface area contributed by atoms with Crippen LogP contribution < -0.4 is 5.73 Å². The first-order chi connectivity index (χ1) is 9.63. The Balaban J connectivity index is 2.12. The van der Waals surface area contributed by atoms with Crippen molar-refractivity contribution in [3.63, 3.8) is 0 Å². The van der Waals surface area contributed by atoms with Gasteiger partial charge in [0, 0.05) is 11.3 Å². The summed E-state index contributed by atoms with van der Waals surface area (Å²) >= 11 is 0. The molecular formula is C15H15N5. The first-order valence-electron chi connectivity index (χ1n) is 6.36. The van der Waals surface area contributed by atoms with E-state index in [1.54, 1.807) is 4.68 Å². The topological polar surface area (TPSA) is 69.6 Å². The lowest BCUT2D eigenvalue weighted by molar-refractivity contribution is 0.791. The van der Waals surface area contributed by atoms with Crippen LogP contribution in [-0.4, -0.2) is 20.2 Å². The predicted molar refractivity (Wildman–Crippen MR) is 78.5 cm³/mol. The van der Waals surface area contributed by atoms with Gasteiger partial charge in [-0.15, -0.1) is 5.10 Å². The zero-order chi connectivity index (χ0) is 14.1. The molecule has 0 unspecified atom stereocenters. The third-order valence-electron chi connectivity index (χ3n) is 3.11. The van der Waals surface area contributed by atoms with Gasteiger partial charge in [-0.25, -0.2) is 0 Å². The Morgan fingerprint density at radius 3 is 2.40 bits per heavy atom. The summed E-state index contributed by atoms with van der Waals surface area (Å²) in [5, 5.41) is 12.0. The van der Waals surface area contributed by atoms with Crippen molar-refractivity contribution in [1.29, 1.82) is 0 Å². The highest BCUT2D eigenvalue weighted by molar-refractivity contribution is 5.64. The number of rotatable bonds is 2. The summed E-state index contributed by atoms with van der Waals surface area (Å²) in [5.41, 5.74) is 10.7. The van der Waals surface area contributed by atoms with Crippen LogP contribution in [0.1, 0.15) is 11.1 Å². The van der Waals surface area contributed by atoms with E-state index in [0.717, 1.165) is 16.8 Å². The van der Waals surface area contributed by atoms with Gasteiger partial charge in [-0.05, 0) is 60.2 Å². The van der Waals surface area contributed by atoms with Crippen molar-refractivity contribution in [2.45, 2.75) is 13.8 Å². The van der Waals surface area contributed by atoms with E-state index in [4.69, 9.17) is 5.73 Å². The van der Waals surface area contributed by atoms with Crippen LogP contribution in [0.2, 0.25) is 0 Å². The number of nitrogen functional groups attached to an aromatic ring is 1. The molecule has 0 radical (unpaired) electrons. The minimum Gasteiger partial charge on any atom is -0.399 e. The molecule has 2 aromatic carbocycles. The average molecular weight is 265 g/mol. The Labute approximate surface area is 117 Å². The van der Waals surface area contributed by atoms with Crippen LogP contribution in [0.4, 0.5) is 5.69 Å². The van der Waals surface area contributed by atoms with Gasteiger partial charge in [-0.2, -0.15) is 4.68 Å². The van der Waals surface area contributed by atoms with Gasteiger partial charge in [0.15, 0.2) is 5.82 Å². The SMILES string of the molecule is Cc1ccc(-n2nnnc2-c2cc(C)cc(N)c2)cc1. The number of anilines is 1. The van der Waals surface area contributed by atoms with Gasteiger partial charge in [0.25, 0.3) is 0 Å². The highest BCUT2D eigenvalue weighted by Crippen LogP contribution is 2.23. The van der Waals surface area contributed by atoms with Crippen LogP contribution in [-0.2, 0) is 0 Å². The Kier molecular flexibility index (Phi) is 2.95. The number of hydrogen-bond acceptors (Lipinski definition) is 4. The zero-order valence-electron chi connectivity index (χ0n) is 11.4. The first kappa shape index (κ1) is 12.3. The Hall–Kier alpha value is -2.69. The number of tetrazole rings is 1. The highest BCUT2D eigenvalue weighted by Gasteiger charge is 2.11. The minimum absolute atomic E-state index is 0.684. The standard InChI is InChI=1S/C15H15N5/c1-10-3-5-14(6-4-10)20-15(17-18-19-20)12-7-11(2)8-13(16)9-12/h3-9H,16H2,1-2H3. The van der Waals surface area contributed by atoms with E-state index in [0.29, 0.717) is 11.5 Å². The number of nitrogens with two attached hydrogens (primary N) is 1. The fourth-order valence-electron chi connectivity index (χ4n) is 2.17. The molecule has 0 saturated carbocycles. The van der Waals surface area contributed by atoms with Crippen LogP contribution in [0.3, 0.4) is 0 Å². The fourth-order valence-corrected chi connectivity index (χ4v) is 2.17. The maximum Gasteiger partial charge on any atom is 0.187 e. The van der Waals surface area contributed by atoms with Gasteiger partial charge >= 0.3 is 0 Å². The maximum absolute atomic E-state index is 5.90. The number of benzene rings is 2. The Morgan fingerprint density at radius 1 is 0.950 bits per heavy atom. The van der Waals surface area contributed by atoms with Crippen molar-refractivity contribution in [2.75, 3.05) is 5.73 Å². The molecule has 5 nitrogen and oxygen atoms in total. The van der Waals surface area contributed by atoms with Crippen molar-refractivity contribution in [3.8, 4) is 17.1 Å². The molecule has 3 aromatic rings. The molecule has 1 heterocycles. The quantitative estimate of drug-likeness (QED) is 0.723. The van der Waals surface area contributed by atoms with Crippen molar-refractivity contribution < 1.29 is 0 Å². The Morgan fingerprint density at radius 2 is 1.70 bits per heavy atom. The van der Waals surface area contributed by atoms with Gasteiger partial charge in [0.2, 0.25) is 0 Å². The second-order valence-electron chi connectivity index (χ2n) is 4.88. The molecule has 0 aliphatic rings. The predicted octanol–water partition coefficient (Wildman–Crippen LogP) is 2.53. The van der Waals surface area contributed by atoms with Gasteiger partial charge in [-0.3, -0.25) is 0 Å². The normalized spacial score (nSPS) is 10.7. The lowest BCUT2D eigenvalue weighted by Gasteiger charge is -2.06. The molecule has 20 heavy (non-hydrogen) atoms. The third kappa shape index (κ3) is 2.25. The van der Waals surface area contributed by atoms with E-state index in [2.05, 4.69) is 15.5 Å². The summed E-state index contributed by atoms with van der Waals surface area (Å²) in [6.07, 6.45) is 0.